The molecule has 0 atom stereocenters. The third kappa shape index (κ3) is 5.56. The molecule has 36 valence electrons. The second-order valence-electron chi connectivity index (χ2n) is 0.888. The van der Waals surface area contributed by atoms with Gasteiger partial charge in [0.15, 0.2) is 0 Å². The Morgan fingerprint density at radius 3 is 2.86 bits per heavy atom. The van der Waals surface area contributed by atoms with E-state index in [0.717, 1.165) is 0 Å². The number of halogens is 1. The van der Waals surface area contributed by atoms with Gasteiger partial charge in [0.1, 0.15) is 0 Å². The molecule has 0 heterocycles. The zero-order valence-electron chi connectivity index (χ0n) is 3.82. The van der Waals surface area contributed by atoms with E-state index >= 15 is 0 Å². The maximum atomic E-state index is 4.92. The van der Waals surface area contributed by atoms with Gasteiger partial charge in [-0.25, -0.2) is 0 Å². The summed E-state index contributed by atoms with van der Waals surface area (Å²) in [5, 5.41) is 0. The summed E-state index contributed by atoms with van der Waals surface area (Å²) in [7, 11) is 0. The molecule has 0 aromatic carbocycles. The van der Waals surface area contributed by atoms with Crippen LogP contribution in [0.2, 0.25) is 0 Å². The Labute approximate surface area is 52.1 Å². The van der Waals surface area contributed by atoms with Gasteiger partial charge in [-0.1, -0.05) is 15.9 Å². The third-order valence-electron chi connectivity index (χ3n) is 0.401. The van der Waals surface area contributed by atoms with E-state index in [0.29, 0.717) is 6.42 Å². The molecule has 0 spiro atoms. The lowest BCUT2D eigenvalue weighted by atomic mass is 10.4. The first-order valence-electron chi connectivity index (χ1n) is 1.85. The summed E-state index contributed by atoms with van der Waals surface area (Å²) in [6, 6.07) is 0. The Kier molecular flexibility index (Phi) is 5.21. The highest BCUT2D eigenvalue weighted by Crippen LogP contribution is 1.79. The monoisotopic (exact) mass is 156 g/mol. The zero-order valence-corrected chi connectivity index (χ0v) is 5.40. The van der Waals surface area contributed by atoms with Gasteiger partial charge in [-0.05, 0) is 6.08 Å². The van der Waals surface area contributed by atoms with Gasteiger partial charge in [-0.2, -0.15) is 0 Å². The molecule has 7 heavy (non-hydrogen) atoms. The Morgan fingerprint density at radius 1 is 1.71 bits per heavy atom. The molecular formula is C6H5Br. The van der Waals surface area contributed by atoms with Gasteiger partial charge in [0, 0.05) is 11.4 Å². The van der Waals surface area contributed by atoms with Crippen LogP contribution in [0, 0.1) is 12.3 Å². The lowest BCUT2D eigenvalue weighted by Crippen LogP contribution is -1.47. The molecule has 0 bridgehead atoms. The summed E-state index contributed by atoms with van der Waals surface area (Å²) in [6.07, 6.45) is 7.35. The molecule has 0 aliphatic rings. The molecule has 0 unspecified atom stereocenters. The predicted molar refractivity (Wildman–Crippen MR) is 35.0 cm³/mol. The molecule has 0 aliphatic carbocycles. The summed E-state index contributed by atoms with van der Waals surface area (Å²) >= 11 is 3.04. The maximum absolute atomic E-state index is 4.92. The number of hydrogen-bond acceptors (Lipinski definition) is 0. The van der Waals surface area contributed by atoms with E-state index in [1.165, 1.54) is 0 Å². The fraction of sp³-hybridized carbons (Fsp3) is 0.167. The molecule has 0 aromatic rings. The smallest absolute Gasteiger partial charge is 0.0342 e. The highest BCUT2D eigenvalue weighted by molar-refractivity contribution is 9.11. The number of terminal acetylenes is 1. The standard InChI is InChI=1S/C6H5Br/c1-2-3-4-5-6-7/h1,4,6H,3H2. The fourth-order valence-electron chi connectivity index (χ4n) is 0.162. The van der Waals surface area contributed by atoms with Crippen LogP contribution >= 0.6 is 15.9 Å². The SMILES string of the molecule is C#CCC=C=CBr. The van der Waals surface area contributed by atoms with Crippen molar-refractivity contribution in [1.29, 1.82) is 0 Å². The zero-order chi connectivity index (χ0) is 5.54. The van der Waals surface area contributed by atoms with E-state index in [1.807, 2.05) is 0 Å². The quantitative estimate of drug-likeness (QED) is 0.403. The summed E-state index contributed by atoms with van der Waals surface area (Å²) in [5.41, 5.74) is 2.77. The van der Waals surface area contributed by atoms with Crippen molar-refractivity contribution in [2.75, 3.05) is 0 Å². The topological polar surface area (TPSA) is 0 Å². The molecule has 0 amide bonds. The van der Waals surface area contributed by atoms with Gasteiger partial charge in [0.25, 0.3) is 0 Å². The minimum absolute atomic E-state index is 0.655. The van der Waals surface area contributed by atoms with Gasteiger partial charge in [0.05, 0.1) is 0 Å². The number of rotatable bonds is 1. The normalized spacial score (nSPS) is 5.71. The van der Waals surface area contributed by atoms with Crippen molar-refractivity contribution < 1.29 is 0 Å². The van der Waals surface area contributed by atoms with E-state index < -0.39 is 0 Å². The van der Waals surface area contributed by atoms with Crippen LogP contribution in [0.4, 0.5) is 0 Å². The van der Waals surface area contributed by atoms with Crippen LogP contribution in [-0.2, 0) is 0 Å². The van der Waals surface area contributed by atoms with Crippen molar-refractivity contribution in [3.63, 3.8) is 0 Å². The van der Waals surface area contributed by atoms with Crippen LogP contribution in [-0.4, -0.2) is 0 Å². The first-order chi connectivity index (χ1) is 3.41. The molecule has 0 nitrogen and oxygen atoms in total. The minimum atomic E-state index is 0.655. The minimum Gasteiger partial charge on any atom is -0.120 e. The first-order valence-corrected chi connectivity index (χ1v) is 2.76. The van der Waals surface area contributed by atoms with Crippen molar-refractivity contribution in [3.05, 3.63) is 16.8 Å². The highest BCUT2D eigenvalue weighted by atomic mass is 79.9. The molecule has 0 rings (SSSR count). The van der Waals surface area contributed by atoms with Gasteiger partial charge in [-0.3, -0.25) is 0 Å². The Bertz CT molecular complexity index is 122. The lowest BCUT2D eigenvalue weighted by Gasteiger charge is -1.63. The molecule has 0 fully saturated rings. The van der Waals surface area contributed by atoms with Crippen LogP contribution in [0.3, 0.4) is 0 Å². The van der Waals surface area contributed by atoms with E-state index in [9.17, 15) is 0 Å². The molecule has 1 heteroatoms. The van der Waals surface area contributed by atoms with Gasteiger partial charge in [-0.15, -0.1) is 18.1 Å². The molecule has 0 saturated carbocycles. The molecule has 0 radical (unpaired) electrons. The second kappa shape index (κ2) is 5.56. The molecule has 0 N–H and O–H groups in total. The van der Waals surface area contributed by atoms with E-state index in [-0.39, 0.29) is 0 Å². The first kappa shape index (κ1) is 6.56. The largest absolute Gasteiger partial charge is 0.120 e. The number of allylic oxidation sites excluding steroid dienone is 1. The van der Waals surface area contributed by atoms with Crippen LogP contribution in [0.15, 0.2) is 16.8 Å². The summed E-state index contributed by atoms with van der Waals surface area (Å²) < 4.78 is 0. The number of hydrogen-bond donors (Lipinski definition) is 0. The predicted octanol–water partition coefficient (Wildman–Crippen LogP) is 2.07. The molecule has 0 saturated heterocycles. The van der Waals surface area contributed by atoms with Crippen molar-refractivity contribution in [2.45, 2.75) is 6.42 Å². The van der Waals surface area contributed by atoms with Crippen LogP contribution in [0.25, 0.3) is 0 Å². The van der Waals surface area contributed by atoms with E-state index in [4.69, 9.17) is 6.42 Å². The van der Waals surface area contributed by atoms with E-state index in [1.54, 1.807) is 11.1 Å². The van der Waals surface area contributed by atoms with Gasteiger partial charge in [0.2, 0.25) is 0 Å². The average Bonchev–Trinajstić information content (AvgIpc) is 1.69. The Hall–Kier alpha value is -0.440. The Balaban J connectivity index is 3.33. The molecular weight excluding hydrogens is 152 g/mol. The fourth-order valence-corrected chi connectivity index (χ4v) is 0.349. The second-order valence-corrected chi connectivity index (χ2v) is 1.35. The van der Waals surface area contributed by atoms with E-state index in [2.05, 4.69) is 27.6 Å². The van der Waals surface area contributed by atoms with Crippen molar-refractivity contribution in [2.24, 2.45) is 0 Å². The maximum Gasteiger partial charge on any atom is 0.0342 e. The summed E-state index contributed by atoms with van der Waals surface area (Å²) in [5.74, 6) is 2.44. The van der Waals surface area contributed by atoms with Crippen molar-refractivity contribution in [1.82, 2.24) is 0 Å². The summed E-state index contributed by atoms with van der Waals surface area (Å²) in [6.45, 7) is 0. The van der Waals surface area contributed by atoms with Crippen LogP contribution in [0.1, 0.15) is 6.42 Å². The van der Waals surface area contributed by atoms with Crippen molar-refractivity contribution in [3.8, 4) is 12.3 Å². The van der Waals surface area contributed by atoms with Crippen molar-refractivity contribution >= 4 is 15.9 Å². The summed E-state index contributed by atoms with van der Waals surface area (Å²) in [4.78, 5) is 1.64. The Morgan fingerprint density at radius 2 is 2.43 bits per heavy atom. The highest BCUT2D eigenvalue weighted by Gasteiger charge is 1.57. The van der Waals surface area contributed by atoms with Crippen LogP contribution in [0.5, 0.6) is 0 Å². The van der Waals surface area contributed by atoms with Gasteiger partial charge >= 0.3 is 0 Å². The lowest BCUT2D eigenvalue weighted by molar-refractivity contribution is 1.49. The van der Waals surface area contributed by atoms with Crippen LogP contribution < -0.4 is 0 Å². The average molecular weight is 157 g/mol. The third-order valence-corrected chi connectivity index (χ3v) is 0.665. The van der Waals surface area contributed by atoms with Gasteiger partial charge < -0.3 is 0 Å². The molecule has 0 aromatic heterocycles. The molecule has 0 aliphatic heterocycles.